The predicted molar refractivity (Wildman–Crippen MR) is 132 cm³/mol. The molecule has 33 heavy (non-hydrogen) atoms. The van der Waals surface area contributed by atoms with E-state index in [0.29, 0.717) is 5.89 Å². The fraction of sp³-hybridized carbons (Fsp3) is 0.429. The van der Waals surface area contributed by atoms with Gasteiger partial charge in [0.2, 0.25) is 0 Å². The zero-order chi connectivity index (χ0) is 23.7. The maximum atomic E-state index is 11.7. The fourth-order valence-electron chi connectivity index (χ4n) is 3.78. The van der Waals surface area contributed by atoms with E-state index in [1.165, 1.54) is 11.6 Å². The molecule has 2 aromatic carbocycles. The Balaban J connectivity index is 0.000000324. The van der Waals surface area contributed by atoms with Crippen molar-refractivity contribution < 1.29 is 34.4 Å². The van der Waals surface area contributed by atoms with Crippen LogP contribution in [0, 0.1) is 31.7 Å². The van der Waals surface area contributed by atoms with E-state index in [1.54, 1.807) is 0 Å². The van der Waals surface area contributed by atoms with Gasteiger partial charge in [0.25, 0.3) is 0 Å². The van der Waals surface area contributed by atoms with Crippen molar-refractivity contribution in [2.24, 2.45) is 11.8 Å². The molecule has 1 heterocycles. The Morgan fingerprint density at radius 2 is 1.64 bits per heavy atom. The minimum Gasteiger partial charge on any atom is -0.512 e. The van der Waals surface area contributed by atoms with E-state index in [1.807, 2.05) is 65.0 Å². The van der Waals surface area contributed by atoms with E-state index in [-0.39, 0.29) is 43.5 Å². The first-order valence-corrected chi connectivity index (χ1v) is 11.6. The van der Waals surface area contributed by atoms with Gasteiger partial charge < -0.3 is 9.52 Å². The number of carbonyl (C=O) groups excluding carboxylic acids is 1. The van der Waals surface area contributed by atoms with E-state index in [2.05, 4.69) is 24.0 Å². The van der Waals surface area contributed by atoms with Crippen LogP contribution in [-0.4, -0.2) is 15.9 Å². The van der Waals surface area contributed by atoms with Crippen LogP contribution in [0.2, 0.25) is 0 Å². The van der Waals surface area contributed by atoms with Crippen LogP contribution < -0.4 is 0 Å². The first kappa shape index (κ1) is 28.8. The van der Waals surface area contributed by atoms with E-state index < -0.39 is 0 Å². The van der Waals surface area contributed by atoms with Crippen LogP contribution in [0.15, 0.2) is 52.7 Å². The van der Waals surface area contributed by atoms with Crippen LogP contribution in [0.3, 0.4) is 0 Å². The molecule has 0 fully saturated rings. The summed E-state index contributed by atoms with van der Waals surface area (Å²) >= 11 is 0. The summed E-state index contributed by atoms with van der Waals surface area (Å²) in [5, 5.41) is 9.76. The summed E-state index contributed by atoms with van der Waals surface area (Å²) in [7, 11) is 0. The van der Waals surface area contributed by atoms with E-state index >= 15 is 0 Å². The summed E-state index contributed by atoms with van der Waals surface area (Å²) in [4.78, 5) is 16.2. The van der Waals surface area contributed by atoms with Gasteiger partial charge in [0.15, 0.2) is 5.78 Å². The molecule has 0 saturated carbocycles. The molecule has 181 valence electrons. The van der Waals surface area contributed by atoms with Gasteiger partial charge in [-0.3, -0.25) is 9.78 Å². The third-order valence-electron chi connectivity index (χ3n) is 5.75. The first-order valence-electron chi connectivity index (χ1n) is 11.6. The number of nitrogens with zero attached hydrogens (tertiary/aromatic N) is 1. The SMILES string of the molecule is CCC(CC)C(=O)/C=C(\O)C(CC)CC.Cc1[c-]c(-c2nc3ccccc3o2)cc(C)c1.[Ir]. The van der Waals surface area contributed by atoms with E-state index in [0.717, 1.165) is 47.9 Å². The van der Waals surface area contributed by atoms with Crippen LogP contribution in [-0.2, 0) is 24.9 Å². The quantitative estimate of drug-likeness (QED) is 0.158. The van der Waals surface area contributed by atoms with Crippen LogP contribution in [0.25, 0.3) is 22.6 Å². The minimum absolute atomic E-state index is 0. The normalized spacial score (nSPS) is 11.3. The van der Waals surface area contributed by atoms with Crippen LogP contribution in [0.1, 0.15) is 64.5 Å². The average molecular weight is 627 g/mol. The smallest absolute Gasteiger partial charge is 0.162 e. The van der Waals surface area contributed by atoms with Crippen molar-refractivity contribution in [3.05, 3.63) is 65.4 Å². The van der Waals surface area contributed by atoms with E-state index in [9.17, 15) is 9.90 Å². The van der Waals surface area contributed by atoms with Crippen molar-refractivity contribution in [2.75, 3.05) is 0 Å². The molecule has 3 aromatic rings. The Hall–Kier alpha value is -2.23. The van der Waals surface area contributed by atoms with Crippen molar-refractivity contribution in [3.8, 4) is 11.5 Å². The van der Waals surface area contributed by atoms with Gasteiger partial charge in [0.05, 0.1) is 11.3 Å². The predicted octanol–water partition coefficient (Wildman–Crippen LogP) is 7.78. The molecule has 1 radical (unpaired) electrons. The average Bonchev–Trinajstić information content (AvgIpc) is 3.20. The third-order valence-corrected chi connectivity index (χ3v) is 5.75. The number of allylic oxidation sites excluding steroid dienone is 2. The number of hydrogen-bond acceptors (Lipinski definition) is 4. The Labute approximate surface area is 211 Å². The van der Waals surface area contributed by atoms with Crippen LogP contribution >= 0.6 is 0 Å². The van der Waals surface area contributed by atoms with Gasteiger partial charge in [-0.1, -0.05) is 59.2 Å². The summed E-state index contributed by atoms with van der Waals surface area (Å²) in [5.41, 5.74) is 4.91. The van der Waals surface area contributed by atoms with Crippen molar-refractivity contribution in [3.63, 3.8) is 0 Å². The summed E-state index contributed by atoms with van der Waals surface area (Å²) in [6.07, 6.45) is 4.91. The molecule has 0 amide bonds. The monoisotopic (exact) mass is 627 g/mol. The van der Waals surface area contributed by atoms with E-state index in [4.69, 9.17) is 4.42 Å². The van der Waals surface area contributed by atoms with Gasteiger partial charge in [-0.05, 0) is 37.8 Å². The summed E-state index contributed by atoms with van der Waals surface area (Å²) < 4.78 is 5.72. The number of aliphatic hydroxyl groups excluding tert-OH is 1. The topological polar surface area (TPSA) is 63.3 Å². The molecule has 0 unspecified atom stereocenters. The maximum Gasteiger partial charge on any atom is 0.162 e. The van der Waals surface area contributed by atoms with Gasteiger partial charge >= 0.3 is 0 Å². The standard InChI is InChI=1S/C15H12NO.C13H24O2.Ir/c1-10-7-11(2)9-12(8-10)15-16-13-5-3-4-6-14(13)17-15;1-5-10(6-2)12(14)9-13(15)11(7-3)8-4;/h3-8H,1-2H3;9-11,14H,5-8H2,1-4H3;/q-1;;/b;12-9-;. The molecule has 0 aliphatic carbocycles. The molecule has 1 N–H and O–H groups in total. The Morgan fingerprint density at radius 1 is 1.03 bits per heavy atom. The van der Waals surface area contributed by atoms with Gasteiger partial charge in [0, 0.05) is 38.0 Å². The zero-order valence-electron chi connectivity index (χ0n) is 20.6. The molecule has 3 rings (SSSR count). The number of oxazole rings is 1. The molecule has 0 bridgehead atoms. The molecule has 5 heteroatoms. The van der Waals surface area contributed by atoms with Crippen molar-refractivity contribution >= 4 is 16.9 Å². The Kier molecular flexibility index (Phi) is 12.3. The van der Waals surface area contributed by atoms with Gasteiger partial charge in [-0.15, -0.1) is 29.3 Å². The number of aromatic nitrogens is 1. The largest absolute Gasteiger partial charge is 0.512 e. The second-order valence-electron chi connectivity index (χ2n) is 8.24. The molecule has 0 aliphatic heterocycles. The number of rotatable bonds is 8. The third kappa shape index (κ3) is 8.24. The van der Waals surface area contributed by atoms with Crippen molar-refractivity contribution in [2.45, 2.75) is 67.2 Å². The Bertz CT molecular complexity index is 993. The fourth-order valence-corrected chi connectivity index (χ4v) is 3.78. The second-order valence-corrected chi connectivity index (χ2v) is 8.24. The summed E-state index contributed by atoms with van der Waals surface area (Å²) in [6, 6.07) is 15.2. The summed E-state index contributed by atoms with van der Waals surface area (Å²) in [5.74, 6) is 1.18. The van der Waals surface area contributed by atoms with Crippen molar-refractivity contribution in [1.82, 2.24) is 4.98 Å². The van der Waals surface area contributed by atoms with Gasteiger partial charge in [-0.25, -0.2) is 0 Å². The first-order chi connectivity index (χ1) is 15.3. The molecular weight excluding hydrogens is 591 g/mol. The minimum atomic E-state index is 0. The van der Waals surface area contributed by atoms with Crippen molar-refractivity contribution in [1.29, 1.82) is 0 Å². The number of aliphatic hydroxyl groups is 1. The maximum absolute atomic E-state index is 11.7. The second kappa shape index (κ2) is 14.1. The van der Waals surface area contributed by atoms with Gasteiger partial charge in [0.1, 0.15) is 11.5 Å². The molecule has 0 aliphatic rings. The van der Waals surface area contributed by atoms with Crippen LogP contribution in [0.5, 0.6) is 0 Å². The number of aryl methyl sites for hydroxylation is 2. The van der Waals surface area contributed by atoms with Crippen LogP contribution in [0.4, 0.5) is 0 Å². The molecule has 1 aromatic heterocycles. The number of carbonyl (C=O) groups is 1. The number of hydrogen-bond donors (Lipinski definition) is 1. The molecule has 0 spiro atoms. The zero-order valence-corrected chi connectivity index (χ0v) is 23.0. The molecule has 0 saturated heterocycles. The Morgan fingerprint density at radius 3 is 2.18 bits per heavy atom. The molecule has 0 atom stereocenters. The number of para-hydroxylation sites is 2. The summed E-state index contributed by atoms with van der Waals surface area (Å²) in [6.45, 7) is 12.2. The molecular formula is C28H36IrNO3-. The number of ketones is 1. The molecule has 4 nitrogen and oxygen atoms in total. The van der Waals surface area contributed by atoms with Gasteiger partial charge in [-0.2, -0.15) is 0 Å². The number of benzene rings is 2. The number of fused-ring (bicyclic) bond motifs is 1.